The zero-order valence-corrected chi connectivity index (χ0v) is 15.3. The van der Waals surface area contributed by atoms with Gasteiger partial charge in [-0.1, -0.05) is 0 Å². The quantitative estimate of drug-likeness (QED) is 0.906. The lowest BCUT2D eigenvalue weighted by molar-refractivity contribution is 0.103. The van der Waals surface area contributed by atoms with E-state index in [-0.39, 0.29) is 10.8 Å². The van der Waals surface area contributed by atoms with Gasteiger partial charge in [-0.2, -0.15) is 0 Å². The van der Waals surface area contributed by atoms with Gasteiger partial charge in [0.15, 0.2) is 0 Å². The summed E-state index contributed by atoms with van der Waals surface area (Å²) >= 11 is 1.56. The maximum absolute atomic E-state index is 12.4. The number of carbonyl (C=O) groups excluding carboxylic acids is 1. The Balaban J connectivity index is 1.74. The average Bonchev–Trinajstić information content (AvgIpc) is 2.99. The Hall–Kier alpha value is -1.70. The summed E-state index contributed by atoms with van der Waals surface area (Å²) < 4.78 is 25.2. The number of fused-ring (bicyclic) bond motifs is 1. The second-order valence-electron chi connectivity index (χ2n) is 6.03. The van der Waals surface area contributed by atoms with Gasteiger partial charge in [-0.15, -0.1) is 11.3 Å². The highest BCUT2D eigenvalue weighted by molar-refractivity contribution is 7.89. The predicted molar refractivity (Wildman–Crippen MR) is 96.2 cm³/mol. The molecule has 1 aliphatic carbocycles. The van der Waals surface area contributed by atoms with E-state index < -0.39 is 10.0 Å². The van der Waals surface area contributed by atoms with E-state index in [1.807, 2.05) is 6.07 Å². The molecule has 2 aromatic rings. The predicted octanol–water partition coefficient (Wildman–Crippen LogP) is 3.13. The van der Waals surface area contributed by atoms with E-state index in [1.54, 1.807) is 23.5 Å². The van der Waals surface area contributed by atoms with E-state index in [1.165, 1.54) is 49.5 Å². The third-order valence-corrected chi connectivity index (χ3v) is 7.18. The molecule has 1 heterocycles. The van der Waals surface area contributed by atoms with Crippen LogP contribution in [0.1, 0.15) is 33.0 Å². The van der Waals surface area contributed by atoms with Crippen LogP contribution in [-0.2, 0) is 22.9 Å². The van der Waals surface area contributed by atoms with Gasteiger partial charge in [-0.3, -0.25) is 4.79 Å². The molecule has 0 bridgehead atoms. The lowest BCUT2D eigenvalue weighted by Gasteiger charge is -2.11. The molecule has 7 heteroatoms. The minimum atomic E-state index is -3.45. The molecule has 0 saturated carbocycles. The Morgan fingerprint density at radius 2 is 1.79 bits per heavy atom. The van der Waals surface area contributed by atoms with Crippen molar-refractivity contribution in [3.05, 3.63) is 45.6 Å². The first kappa shape index (κ1) is 17.1. The van der Waals surface area contributed by atoms with Gasteiger partial charge in [-0.05, 0) is 61.6 Å². The van der Waals surface area contributed by atoms with E-state index in [9.17, 15) is 13.2 Å². The fourth-order valence-electron chi connectivity index (χ4n) is 2.72. The third-order valence-electron chi connectivity index (χ3n) is 4.11. The van der Waals surface area contributed by atoms with E-state index >= 15 is 0 Å². The summed E-state index contributed by atoms with van der Waals surface area (Å²) in [6.45, 7) is 0. The molecule has 0 spiro atoms. The summed E-state index contributed by atoms with van der Waals surface area (Å²) in [5.41, 5.74) is 1.88. The summed E-state index contributed by atoms with van der Waals surface area (Å²) in [6.07, 6.45) is 4.49. The highest BCUT2D eigenvalue weighted by atomic mass is 32.2. The molecule has 128 valence electrons. The Morgan fingerprint density at radius 3 is 2.42 bits per heavy atom. The number of amides is 1. The van der Waals surface area contributed by atoms with Crippen molar-refractivity contribution in [3.8, 4) is 0 Å². The van der Waals surface area contributed by atoms with Crippen LogP contribution in [0.15, 0.2) is 35.2 Å². The van der Waals surface area contributed by atoms with Gasteiger partial charge in [0.05, 0.1) is 9.77 Å². The van der Waals surface area contributed by atoms with E-state index in [0.717, 1.165) is 17.1 Å². The van der Waals surface area contributed by atoms with Crippen LogP contribution in [0.2, 0.25) is 0 Å². The molecule has 5 nitrogen and oxygen atoms in total. The van der Waals surface area contributed by atoms with Crippen LogP contribution >= 0.6 is 11.3 Å². The number of aryl methyl sites for hydroxylation is 2. The standard InChI is InChI=1S/C17H20N2O3S2/c1-19(2)24(21,22)14-9-7-13(8-10-14)18-17(20)16-11-12-5-3-4-6-15(12)23-16/h7-11H,3-6H2,1-2H3,(H,18,20). The van der Waals surface area contributed by atoms with Gasteiger partial charge in [0.2, 0.25) is 10.0 Å². The van der Waals surface area contributed by atoms with E-state index in [2.05, 4.69) is 5.32 Å². The molecule has 1 aliphatic rings. The Kier molecular flexibility index (Phi) is 4.76. The van der Waals surface area contributed by atoms with Gasteiger partial charge in [-0.25, -0.2) is 12.7 Å². The van der Waals surface area contributed by atoms with Crippen LogP contribution in [0.5, 0.6) is 0 Å². The van der Waals surface area contributed by atoms with Crippen LogP contribution in [-0.4, -0.2) is 32.7 Å². The molecule has 1 aromatic carbocycles. The normalized spacial score (nSPS) is 14.5. The number of anilines is 1. The van der Waals surface area contributed by atoms with Crippen LogP contribution in [0.3, 0.4) is 0 Å². The average molecular weight is 364 g/mol. The SMILES string of the molecule is CN(C)S(=O)(=O)c1ccc(NC(=O)c2cc3c(s2)CCCC3)cc1. The van der Waals surface area contributed by atoms with Crippen LogP contribution in [0, 0.1) is 0 Å². The molecule has 1 amide bonds. The van der Waals surface area contributed by atoms with Gasteiger partial charge in [0.25, 0.3) is 5.91 Å². The van der Waals surface area contributed by atoms with E-state index in [4.69, 9.17) is 0 Å². The minimum Gasteiger partial charge on any atom is -0.321 e. The van der Waals surface area contributed by atoms with E-state index in [0.29, 0.717) is 10.6 Å². The van der Waals surface area contributed by atoms with Crippen LogP contribution in [0.25, 0.3) is 0 Å². The highest BCUT2D eigenvalue weighted by Crippen LogP contribution is 2.30. The van der Waals surface area contributed by atoms with Crippen molar-refractivity contribution in [1.82, 2.24) is 4.31 Å². The third kappa shape index (κ3) is 3.38. The van der Waals surface area contributed by atoms with Gasteiger partial charge >= 0.3 is 0 Å². The first-order chi connectivity index (χ1) is 11.4. The molecule has 3 rings (SSSR count). The minimum absolute atomic E-state index is 0.141. The smallest absolute Gasteiger partial charge is 0.265 e. The fourth-order valence-corrected chi connectivity index (χ4v) is 4.77. The van der Waals surface area contributed by atoms with Crippen molar-refractivity contribution in [2.24, 2.45) is 0 Å². The molecule has 0 unspecified atom stereocenters. The molecular formula is C17H20N2O3S2. The van der Waals surface area contributed by atoms with Crippen LogP contribution < -0.4 is 5.32 Å². The van der Waals surface area contributed by atoms with Crippen molar-refractivity contribution in [2.45, 2.75) is 30.6 Å². The maximum Gasteiger partial charge on any atom is 0.265 e. The molecular weight excluding hydrogens is 344 g/mol. The Labute approximate surface area is 146 Å². The van der Waals surface area contributed by atoms with Crippen molar-refractivity contribution in [3.63, 3.8) is 0 Å². The summed E-state index contributed by atoms with van der Waals surface area (Å²) in [6, 6.07) is 8.22. The summed E-state index contributed by atoms with van der Waals surface area (Å²) in [5.74, 6) is -0.141. The number of carbonyl (C=O) groups is 1. The van der Waals surface area contributed by atoms with Gasteiger partial charge in [0.1, 0.15) is 0 Å². The number of thiophene rings is 1. The topological polar surface area (TPSA) is 66.5 Å². The molecule has 0 fully saturated rings. The summed E-state index contributed by atoms with van der Waals surface area (Å²) in [7, 11) is -0.474. The first-order valence-corrected chi connectivity index (χ1v) is 10.1. The van der Waals surface area contributed by atoms with Gasteiger partial charge < -0.3 is 5.32 Å². The zero-order chi connectivity index (χ0) is 17.3. The van der Waals surface area contributed by atoms with Crippen molar-refractivity contribution < 1.29 is 13.2 Å². The molecule has 0 radical (unpaired) electrons. The molecule has 0 atom stereocenters. The number of nitrogens with one attached hydrogen (secondary N) is 1. The zero-order valence-electron chi connectivity index (χ0n) is 13.7. The maximum atomic E-state index is 12.4. The number of benzene rings is 1. The lowest BCUT2D eigenvalue weighted by atomic mass is 9.99. The number of rotatable bonds is 4. The monoisotopic (exact) mass is 364 g/mol. The van der Waals surface area contributed by atoms with Crippen molar-refractivity contribution in [2.75, 3.05) is 19.4 Å². The van der Waals surface area contributed by atoms with Gasteiger partial charge in [0, 0.05) is 24.7 Å². The van der Waals surface area contributed by atoms with Crippen LogP contribution in [0.4, 0.5) is 5.69 Å². The molecule has 0 saturated heterocycles. The summed E-state index contributed by atoms with van der Waals surface area (Å²) in [4.78, 5) is 14.6. The van der Waals surface area contributed by atoms with Crippen molar-refractivity contribution in [1.29, 1.82) is 0 Å². The Bertz CT molecular complexity index is 829. The second kappa shape index (κ2) is 6.66. The first-order valence-electron chi connectivity index (χ1n) is 7.83. The lowest BCUT2D eigenvalue weighted by Crippen LogP contribution is -2.22. The number of hydrogen-bond donors (Lipinski definition) is 1. The molecule has 0 aliphatic heterocycles. The van der Waals surface area contributed by atoms with Crippen molar-refractivity contribution >= 4 is 33.0 Å². The Morgan fingerprint density at radius 1 is 1.12 bits per heavy atom. The number of hydrogen-bond acceptors (Lipinski definition) is 4. The largest absolute Gasteiger partial charge is 0.321 e. The fraction of sp³-hybridized carbons (Fsp3) is 0.353. The number of sulfonamides is 1. The second-order valence-corrected chi connectivity index (χ2v) is 9.32. The highest BCUT2D eigenvalue weighted by Gasteiger charge is 2.19. The molecule has 1 aromatic heterocycles. The summed E-state index contributed by atoms with van der Waals surface area (Å²) in [5, 5.41) is 2.84. The molecule has 24 heavy (non-hydrogen) atoms. The molecule has 1 N–H and O–H groups in total. The number of nitrogens with zero attached hydrogens (tertiary/aromatic N) is 1.